The zero-order valence-corrected chi connectivity index (χ0v) is 18.9. The van der Waals surface area contributed by atoms with Crippen LogP contribution in [0.3, 0.4) is 0 Å². The van der Waals surface area contributed by atoms with Gasteiger partial charge in [-0.1, -0.05) is 80.9 Å². The van der Waals surface area contributed by atoms with Crippen LogP contribution in [0.2, 0.25) is 0 Å². The van der Waals surface area contributed by atoms with Gasteiger partial charge in [-0.15, -0.1) is 0 Å². The number of benzene rings is 2. The first-order valence-electron chi connectivity index (χ1n) is 11.1. The molecule has 0 aromatic heterocycles. The van der Waals surface area contributed by atoms with Crippen LogP contribution in [-0.4, -0.2) is 35.8 Å². The molecule has 0 heterocycles. The molecule has 0 aliphatic carbocycles. The minimum absolute atomic E-state index is 0.0399. The summed E-state index contributed by atoms with van der Waals surface area (Å²) in [5, 5.41) is 3.01. The Labute approximate surface area is 181 Å². The van der Waals surface area contributed by atoms with Gasteiger partial charge in [-0.2, -0.15) is 0 Å². The van der Waals surface area contributed by atoms with E-state index in [1.54, 1.807) is 4.90 Å². The second kappa shape index (κ2) is 12.2. The molecule has 0 saturated heterocycles. The number of carbonyl (C=O) groups excluding carboxylic acids is 2. The van der Waals surface area contributed by atoms with Gasteiger partial charge in [0.25, 0.3) is 0 Å². The Morgan fingerprint density at radius 2 is 1.57 bits per heavy atom. The Morgan fingerprint density at radius 1 is 0.933 bits per heavy atom. The molecule has 4 nitrogen and oxygen atoms in total. The largest absolute Gasteiger partial charge is 0.354 e. The lowest BCUT2D eigenvalue weighted by molar-refractivity contribution is -0.140. The SMILES string of the molecule is CCC(C(=O)NCC(C)C)N(CCc1ccccc1)C(=O)CCc1ccc(C)cc1. The molecule has 0 bridgehead atoms. The highest BCUT2D eigenvalue weighted by atomic mass is 16.2. The third kappa shape index (κ3) is 7.66. The molecule has 1 N–H and O–H groups in total. The maximum absolute atomic E-state index is 13.2. The number of amides is 2. The maximum atomic E-state index is 13.2. The molecule has 0 spiro atoms. The van der Waals surface area contributed by atoms with Crippen molar-refractivity contribution in [3.63, 3.8) is 0 Å². The van der Waals surface area contributed by atoms with Gasteiger partial charge in [-0.3, -0.25) is 9.59 Å². The lowest BCUT2D eigenvalue weighted by Crippen LogP contribution is -2.50. The molecule has 0 fully saturated rings. The number of aryl methyl sites for hydroxylation is 2. The number of hydrogen-bond acceptors (Lipinski definition) is 2. The molecular formula is C26H36N2O2. The van der Waals surface area contributed by atoms with Crippen LogP contribution < -0.4 is 5.32 Å². The van der Waals surface area contributed by atoms with E-state index in [1.165, 1.54) is 11.1 Å². The number of nitrogens with zero attached hydrogens (tertiary/aromatic N) is 1. The summed E-state index contributed by atoms with van der Waals surface area (Å²) in [6.45, 7) is 9.34. The monoisotopic (exact) mass is 408 g/mol. The van der Waals surface area contributed by atoms with Crippen molar-refractivity contribution in [2.24, 2.45) is 5.92 Å². The fourth-order valence-electron chi connectivity index (χ4n) is 3.47. The summed E-state index contributed by atoms with van der Waals surface area (Å²) < 4.78 is 0. The third-order valence-corrected chi connectivity index (χ3v) is 5.30. The van der Waals surface area contributed by atoms with Gasteiger partial charge in [0.15, 0.2) is 0 Å². The first-order valence-corrected chi connectivity index (χ1v) is 11.1. The predicted octanol–water partition coefficient (Wildman–Crippen LogP) is 4.55. The Morgan fingerprint density at radius 3 is 2.17 bits per heavy atom. The molecule has 1 atom stereocenters. The molecule has 2 aromatic rings. The molecule has 0 aliphatic heterocycles. The van der Waals surface area contributed by atoms with E-state index in [4.69, 9.17) is 0 Å². The lowest BCUT2D eigenvalue weighted by Gasteiger charge is -2.31. The van der Waals surface area contributed by atoms with Gasteiger partial charge in [0.05, 0.1) is 0 Å². The van der Waals surface area contributed by atoms with Gasteiger partial charge in [0, 0.05) is 19.5 Å². The molecule has 2 amide bonds. The van der Waals surface area contributed by atoms with Crippen molar-refractivity contribution in [1.82, 2.24) is 10.2 Å². The van der Waals surface area contributed by atoms with Crippen LogP contribution in [-0.2, 0) is 22.4 Å². The second-order valence-electron chi connectivity index (χ2n) is 8.37. The van der Waals surface area contributed by atoms with Gasteiger partial charge in [-0.05, 0) is 43.2 Å². The topological polar surface area (TPSA) is 49.4 Å². The van der Waals surface area contributed by atoms with Crippen LogP contribution in [0.25, 0.3) is 0 Å². The quantitative estimate of drug-likeness (QED) is 0.593. The van der Waals surface area contributed by atoms with E-state index >= 15 is 0 Å². The standard InChI is InChI=1S/C26H36N2O2/c1-5-24(26(30)27-19-20(2)3)28(18-17-22-9-7-6-8-10-22)25(29)16-15-23-13-11-21(4)12-14-23/h6-14,20,24H,5,15-19H2,1-4H3,(H,27,30). The van der Waals surface area contributed by atoms with Crippen molar-refractivity contribution >= 4 is 11.8 Å². The minimum atomic E-state index is -0.432. The molecule has 2 rings (SSSR count). The van der Waals surface area contributed by atoms with E-state index in [1.807, 2.05) is 25.1 Å². The van der Waals surface area contributed by atoms with E-state index < -0.39 is 6.04 Å². The van der Waals surface area contributed by atoms with Crippen LogP contribution in [0.4, 0.5) is 0 Å². The van der Waals surface area contributed by atoms with Crippen LogP contribution in [0.1, 0.15) is 50.3 Å². The molecule has 2 aromatic carbocycles. The third-order valence-electron chi connectivity index (χ3n) is 5.30. The second-order valence-corrected chi connectivity index (χ2v) is 8.37. The molecule has 0 saturated carbocycles. The van der Waals surface area contributed by atoms with Crippen molar-refractivity contribution < 1.29 is 9.59 Å². The Bertz CT molecular complexity index is 784. The van der Waals surface area contributed by atoms with Crippen molar-refractivity contribution in [3.05, 3.63) is 71.3 Å². The number of hydrogen-bond donors (Lipinski definition) is 1. The van der Waals surface area contributed by atoms with Gasteiger partial charge in [0.1, 0.15) is 6.04 Å². The molecular weight excluding hydrogens is 372 g/mol. The number of carbonyl (C=O) groups is 2. The highest BCUT2D eigenvalue weighted by Gasteiger charge is 2.28. The Hall–Kier alpha value is -2.62. The van der Waals surface area contributed by atoms with Gasteiger partial charge in [0.2, 0.25) is 11.8 Å². The summed E-state index contributed by atoms with van der Waals surface area (Å²) >= 11 is 0. The lowest BCUT2D eigenvalue weighted by atomic mass is 10.0. The first kappa shape index (κ1) is 23.7. The first-order chi connectivity index (χ1) is 14.4. The van der Waals surface area contributed by atoms with Crippen LogP contribution in [0.5, 0.6) is 0 Å². The van der Waals surface area contributed by atoms with E-state index in [0.717, 1.165) is 12.0 Å². The van der Waals surface area contributed by atoms with Crippen molar-refractivity contribution in [1.29, 1.82) is 0 Å². The van der Waals surface area contributed by atoms with Crippen LogP contribution >= 0.6 is 0 Å². The van der Waals surface area contributed by atoms with Gasteiger partial charge >= 0.3 is 0 Å². The number of rotatable bonds is 11. The summed E-state index contributed by atoms with van der Waals surface area (Å²) in [6.07, 6.45) is 2.44. The van der Waals surface area contributed by atoms with E-state index in [0.29, 0.717) is 38.3 Å². The molecule has 1 unspecified atom stereocenters. The Balaban J connectivity index is 2.09. The maximum Gasteiger partial charge on any atom is 0.242 e. The zero-order chi connectivity index (χ0) is 21.9. The van der Waals surface area contributed by atoms with Crippen molar-refractivity contribution in [2.45, 2.75) is 59.4 Å². The fourth-order valence-corrected chi connectivity index (χ4v) is 3.47. The fraction of sp³-hybridized carbons (Fsp3) is 0.462. The van der Waals surface area contributed by atoms with E-state index in [-0.39, 0.29) is 11.8 Å². The van der Waals surface area contributed by atoms with Crippen molar-refractivity contribution in [3.8, 4) is 0 Å². The Kier molecular flexibility index (Phi) is 9.59. The highest BCUT2D eigenvalue weighted by Crippen LogP contribution is 2.13. The van der Waals surface area contributed by atoms with Crippen LogP contribution in [0.15, 0.2) is 54.6 Å². The van der Waals surface area contributed by atoms with Gasteiger partial charge in [-0.25, -0.2) is 0 Å². The predicted molar refractivity (Wildman–Crippen MR) is 123 cm³/mol. The zero-order valence-electron chi connectivity index (χ0n) is 18.9. The van der Waals surface area contributed by atoms with Crippen molar-refractivity contribution in [2.75, 3.05) is 13.1 Å². The average molecular weight is 409 g/mol. The normalized spacial score (nSPS) is 11.9. The highest BCUT2D eigenvalue weighted by molar-refractivity contribution is 5.87. The average Bonchev–Trinajstić information content (AvgIpc) is 2.75. The molecule has 30 heavy (non-hydrogen) atoms. The molecule has 0 radical (unpaired) electrons. The molecule has 162 valence electrons. The number of nitrogens with one attached hydrogen (secondary N) is 1. The molecule has 0 aliphatic rings. The minimum Gasteiger partial charge on any atom is -0.354 e. The van der Waals surface area contributed by atoms with E-state index in [2.05, 4.69) is 62.5 Å². The summed E-state index contributed by atoms with van der Waals surface area (Å²) in [7, 11) is 0. The summed E-state index contributed by atoms with van der Waals surface area (Å²) in [4.78, 5) is 27.8. The molecule has 4 heteroatoms. The summed E-state index contributed by atoms with van der Waals surface area (Å²) in [6, 6.07) is 18.0. The smallest absolute Gasteiger partial charge is 0.242 e. The summed E-state index contributed by atoms with van der Waals surface area (Å²) in [5.41, 5.74) is 3.53. The van der Waals surface area contributed by atoms with Crippen LogP contribution in [0, 0.1) is 12.8 Å². The summed E-state index contributed by atoms with van der Waals surface area (Å²) in [5.74, 6) is 0.363. The van der Waals surface area contributed by atoms with Gasteiger partial charge < -0.3 is 10.2 Å². The van der Waals surface area contributed by atoms with E-state index in [9.17, 15) is 9.59 Å².